The summed E-state index contributed by atoms with van der Waals surface area (Å²) in [6.07, 6.45) is -7.99. The summed E-state index contributed by atoms with van der Waals surface area (Å²) in [6.45, 7) is 20.0. The zero-order valence-electron chi connectivity index (χ0n) is 42.6. The molecule has 0 aliphatic carbocycles. The molecule has 0 radical (unpaired) electrons. The van der Waals surface area contributed by atoms with Crippen LogP contribution in [0.15, 0.2) is 35.5 Å². The zero-order chi connectivity index (χ0) is 50.2. The first kappa shape index (κ1) is 56.3. The summed E-state index contributed by atoms with van der Waals surface area (Å²) in [7, 11) is 5.26. The molecule has 17 nitrogen and oxygen atoms in total. The molecule has 1 aromatic rings. The summed E-state index contributed by atoms with van der Waals surface area (Å²) >= 11 is 0. The second-order valence-electron chi connectivity index (χ2n) is 20.2. The number of cyclic esters (lactones) is 1. The highest BCUT2D eigenvalue weighted by Gasteiger charge is 2.54. The molecule has 0 amide bonds. The van der Waals surface area contributed by atoms with Crippen molar-refractivity contribution in [2.75, 3.05) is 27.8 Å². The second-order valence-corrected chi connectivity index (χ2v) is 20.2. The Labute approximate surface area is 398 Å². The Bertz CT molecular complexity index is 1780. The van der Waals surface area contributed by atoms with E-state index < -0.39 is 114 Å². The van der Waals surface area contributed by atoms with Gasteiger partial charge in [-0.15, -0.1) is 0 Å². The molecule has 17 heteroatoms. The largest absolute Gasteiger partial charge is 0.459 e. The Morgan fingerprint density at radius 3 is 2.10 bits per heavy atom. The molecule has 382 valence electrons. The monoisotopic (exact) mass is 951 g/mol. The van der Waals surface area contributed by atoms with Crippen LogP contribution in [0.25, 0.3) is 0 Å². The van der Waals surface area contributed by atoms with E-state index in [9.17, 15) is 29.7 Å². The van der Waals surface area contributed by atoms with Gasteiger partial charge in [0.1, 0.15) is 23.9 Å². The van der Waals surface area contributed by atoms with Crippen LogP contribution in [0, 0.1) is 23.7 Å². The Kier molecular flexibility index (Phi) is 20.2. The van der Waals surface area contributed by atoms with Crippen LogP contribution in [0.2, 0.25) is 0 Å². The molecule has 0 aromatic heterocycles. The van der Waals surface area contributed by atoms with Gasteiger partial charge in [0.15, 0.2) is 24.8 Å². The van der Waals surface area contributed by atoms with Crippen LogP contribution >= 0.6 is 0 Å². The number of likely N-dealkylation sites (N-methyl/N-ethyl adjacent to an activating group) is 1. The van der Waals surface area contributed by atoms with Gasteiger partial charge in [-0.3, -0.25) is 14.4 Å². The topological polar surface area (TPSA) is 211 Å². The molecule has 0 saturated carbocycles. The summed E-state index contributed by atoms with van der Waals surface area (Å²) < 4.78 is 50.4. The number of carbonyl (C=O) groups excluding carboxylic acids is 3. The number of methoxy groups -OCH3 is 1. The van der Waals surface area contributed by atoms with Crippen LogP contribution in [-0.4, -0.2) is 156 Å². The molecule has 0 spiro atoms. The Balaban J connectivity index is 1.87. The van der Waals surface area contributed by atoms with E-state index in [1.165, 1.54) is 27.9 Å². The average Bonchev–Trinajstić information content (AvgIpc) is 3.25. The van der Waals surface area contributed by atoms with Gasteiger partial charge in [0, 0.05) is 45.1 Å². The van der Waals surface area contributed by atoms with Crippen LogP contribution in [0.4, 0.5) is 0 Å². The first-order chi connectivity index (χ1) is 31.3. The lowest BCUT2D eigenvalue weighted by molar-refractivity contribution is -0.319. The minimum atomic E-state index is -1.98. The number of esters is 3. The van der Waals surface area contributed by atoms with Crippen molar-refractivity contribution in [2.24, 2.45) is 28.8 Å². The van der Waals surface area contributed by atoms with Gasteiger partial charge in [0.25, 0.3) is 0 Å². The van der Waals surface area contributed by atoms with Crippen LogP contribution in [0.1, 0.15) is 121 Å². The van der Waals surface area contributed by atoms with Crippen LogP contribution in [0.5, 0.6) is 0 Å². The van der Waals surface area contributed by atoms with Gasteiger partial charge >= 0.3 is 17.9 Å². The number of oxime groups is 1. The highest BCUT2D eigenvalue weighted by atomic mass is 16.7. The van der Waals surface area contributed by atoms with Gasteiger partial charge in [-0.05, 0) is 93.3 Å². The van der Waals surface area contributed by atoms with Crippen LogP contribution in [0.3, 0.4) is 0 Å². The number of nitrogens with zero attached hydrogens (tertiary/aromatic N) is 2. The number of aliphatic hydroxyl groups excluding tert-OH is 1. The molecule has 67 heavy (non-hydrogen) atoms. The Morgan fingerprint density at radius 1 is 0.881 bits per heavy atom. The summed E-state index contributed by atoms with van der Waals surface area (Å²) in [5, 5.41) is 41.9. The third-order valence-electron chi connectivity index (χ3n) is 14.1. The predicted molar refractivity (Wildman–Crippen MR) is 248 cm³/mol. The van der Waals surface area contributed by atoms with Crippen molar-refractivity contribution < 1.29 is 72.4 Å². The van der Waals surface area contributed by atoms with E-state index in [4.69, 9.17) is 42.7 Å². The fourth-order valence-corrected chi connectivity index (χ4v) is 10.4. The molecular weight excluding hydrogens is 869 g/mol. The maximum Gasteiger partial charge on any atom is 0.311 e. The smallest absolute Gasteiger partial charge is 0.311 e. The first-order valence-corrected chi connectivity index (χ1v) is 24.0. The lowest BCUT2D eigenvalue weighted by atomic mass is 9.73. The molecule has 3 fully saturated rings. The summed E-state index contributed by atoms with van der Waals surface area (Å²) in [5.74, 6) is -5.28. The molecule has 0 bridgehead atoms. The van der Waals surface area contributed by atoms with Crippen LogP contribution < -0.4 is 0 Å². The van der Waals surface area contributed by atoms with E-state index in [1.54, 1.807) is 48.5 Å². The molecular formula is C50H82N2O15. The normalized spacial score (nSPS) is 41.0. The van der Waals surface area contributed by atoms with Gasteiger partial charge in [0.05, 0.1) is 53.8 Å². The molecule has 1 aromatic carbocycles. The third-order valence-corrected chi connectivity index (χ3v) is 14.1. The number of aryl methyl sites for hydroxylation is 1. The highest BCUT2D eigenvalue weighted by Crippen LogP contribution is 2.42. The number of hydrogen-bond donors (Lipinski definition) is 3. The van der Waals surface area contributed by atoms with E-state index in [-0.39, 0.29) is 38.0 Å². The number of aliphatic hydroxyl groups is 3. The van der Waals surface area contributed by atoms with E-state index >= 15 is 0 Å². The fourth-order valence-electron chi connectivity index (χ4n) is 10.4. The lowest BCUT2D eigenvalue weighted by Crippen LogP contribution is -2.62. The summed E-state index contributed by atoms with van der Waals surface area (Å²) in [6, 6.07) is 9.65. The summed E-state index contributed by atoms with van der Waals surface area (Å²) in [4.78, 5) is 47.4. The fraction of sp³-hybridized carbons (Fsp3) is 0.800. The SMILES string of the molecule is CC[C@H]1OC(=O)[C@H](C)[C@@H](O[C@H]2C[C@@](C)(OC)[C@@H](OC(C)=O)[C@H](C)O2)[C@H](C)[C@@H](O[C@@H]2O[C@H](C)C[C@H](N(C)C)[C@H]2OC(C)=O)[C@@](C)(O)C[C@@H](C)/C(=N/OCCCc2ccccc2)[C@H](C)[C@@H](O)[C@]1(C)O. The second kappa shape index (κ2) is 24.0. The van der Waals surface area contributed by atoms with Crippen molar-refractivity contribution >= 4 is 23.6 Å². The Hall–Kier alpha value is -3.26. The van der Waals surface area contributed by atoms with Crippen molar-refractivity contribution in [3.8, 4) is 0 Å². The number of ether oxygens (including phenoxy) is 8. The van der Waals surface area contributed by atoms with Crippen molar-refractivity contribution in [1.82, 2.24) is 4.90 Å². The van der Waals surface area contributed by atoms with E-state index in [1.807, 2.05) is 63.2 Å². The maximum absolute atomic E-state index is 14.6. The number of hydrogen-bond acceptors (Lipinski definition) is 17. The van der Waals surface area contributed by atoms with Crippen molar-refractivity contribution in [1.29, 1.82) is 0 Å². The molecule has 4 rings (SSSR count). The molecule has 3 N–H and O–H groups in total. The first-order valence-electron chi connectivity index (χ1n) is 24.0. The number of carbonyl (C=O) groups is 3. The van der Waals surface area contributed by atoms with E-state index in [0.717, 1.165) is 12.0 Å². The minimum Gasteiger partial charge on any atom is -0.459 e. The Morgan fingerprint density at radius 2 is 1.52 bits per heavy atom. The van der Waals surface area contributed by atoms with Crippen molar-refractivity contribution in [2.45, 2.75) is 206 Å². The minimum absolute atomic E-state index is 0.0312. The average molecular weight is 951 g/mol. The van der Waals surface area contributed by atoms with Gasteiger partial charge in [-0.25, -0.2) is 0 Å². The van der Waals surface area contributed by atoms with Gasteiger partial charge < -0.3 is 63.0 Å². The molecule has 3 saturated heterocycles. The lowest BCUT2D eigenvalue weighted by Gasteiger charge is -2.49. The molecule has 3 heterocycles. The van der Waals surface area contributed by atoms with Crippen molar-refractivity contribution in [3.63, 3.8) is 0 Å². The number of rotatable bonds is 14. The van der Waals surface area contributed by atoms with Crippen LogP contribution in [-0.2, 0) is 63.5 Å². The van der Waals surface area contributed by atoms with Gasteiger partial charge in [-0.1, -0.05) is 63.2 Å². The highest BCUT2D eigenvalue weighted by molar-refractivity contribution is 5.88. The van der Waals surface area contributed by atoms with E-state index in [0.29, 0.717) is 18.6 Å². The number of benzene rings is 1. The standard InChI is InChI=1S/C50H82N2O15/c1-16-38-50(12,58)43(55)30(4)40(51-60-24-20-23-36-21-18-17-19-22-36)28(2)26-48(10,57)44(67-47-42(63-34(8)53)37(52(13)14)25-29(3)61-47)31(5)41(32(6)46(56)65-38)66-39-27-49(11,59-15)45(33(7)62-39)64-35(9)54/h17-19,21-22,28-33,37-39,41-45,47,55,57-58H,16,20,23-27H2,1-15H3/b51-40-/t28-,29-,30+,31+,32-,33+,37+,38-,39+,41+,42-,43-,44-,45+,47+,48+,49-,50-/m1/s1. The zero-order valence-corrected chi connectivity index (χ0v) is 42.6. The van der Waals surface area contributed by atoms with Gasteiger partial charge in [0.2, 0.25) is 0 Å². The van der Waals surface area contributed by atoms with Crippen molar-refractivity contribution in [3.05, 3.63) is 35.9 Å². The predicted octanol–water partition coefficient (Wildman–Crippen LogP) is 5.36. The quantitative estimate of drug-likeness (QED) is 0.0927. The summed E-state index contributed by atoms with van der Waals surface area (Å²) in [5.41, 5.74) is -3.36. The molecule has 18 atom stereocenters. The molecule has 0 unspecified atom stereocenters. The molecule has 3 aliphatic heterocycles. The van der Waals surface area contributed by atoms with E-state index in [2.05, 4.69) is 5.16 Å². The van der Waals surface area contributed by atoms with Gasteiger partial charge in [-0.2, -0.15) is 0 Å². The third kappa shape index (κ3) is 14.2. The molecule has 3 aliphatic rings. The maximum atomic E-state index is 14.6.